The van der Waals surface area contributed by atoms with Crippen LogP contribution in [0.3, 0.4) is 0 Å². The molecule has 0 radical (unpaired) electrons. The Balaban J connectivity index is 1.95. The van der Waals surface area contributed by atoms with Crippen LogP contribution in [0.15, 0.2) is 36.4 Å². The van der Waals surface area contributed by atoms with Crippen molar-refractivity contribution < 1.29 is 4.74 Å². The number of hydrogen-bond donors (Lipinski definition) is 0. The Hall–Kier alpha value is -0.700. The van der Waals surface area contributed by atoms with Crippen LogP contribution in [0.2, 0.25) is 10.0 Å². The maximum atomic E-state index is 6.07. The number of ether oxygens (including phenoxy) is 1. The van der Waals surface area contributed by atoms with E-state index in [0.29, 0.717) is 10.0 Å². The van der Waals surface area contributed by atoms with Crippen molar-refractivity contribution in [3.8, 4) is 5.75 Å². The van der Waals surface area contributed by atoms with Gasteiger partial charge in [-0.25, -0.2) is 0 Å². The van der Waals surface area contributed by atoms with Crippen LogP contribution in [-0.4, -0.2) is 6.10 Å². The van der Waals surface area contributed by atoms with E-state index in [4.69, 9.17) is 27.9 Å². The lowest BCUT2D eigenvalue weighted by atomic mass is 10.0. The Morgan fingerprint density at radius 3 is 2.50 bits per heavy atom. The lowest BCUT2D eigenvalue weighted by Gasteiger charge is -2.13. The fraction of sp³-hybridized carbons (Fsp3) is 0.250. The van der Waals surface area contributed by atoms with Gasteiger partial charge in [-0.15, -0.1) is 0 Å². The standard InChI is InChI=1S/C16H13BrCl2O/c1-9-4-11-5-10(2-3-15(11)20-9)16(17)12-6-13(18)8-14(19)7-12/h2-3,5-9,16H,4H2,1H3. The van der Waals surface area contributed by atoms with Crippen molar-refractivity contribution in [3.05, 3.63) is 63.1 Å². The zero-order valence-electron chi connectivity index (χ0n) is 10.9. The van der Waals surface area contributed by atoms with Gasteiger partial charge in [0.25, 0.3) is 0 Å². The Morgan fingerprint density at radius 2 is 1.80 bits per heavy atom. The first-order valence-corrected chi connectivity index (χ1v) is 8.09. The summed E-state index contributed by atoms with van der Waals surface area (Å²) < 4.78 is 5.73. The summed E-state index contributed by atoms with van der Waals surface area (Å²) in [6.07, 6.45) is 1.22. The van der Waals surface area contributed by atoms with E-state index in [1.165, 1.54) is 11.1 Å². The average molecular weight is 372 g/mol. The molecule has 1 nitrogen and oxygen atoms in total. The van der Waals surface area contributed by atoms with E-state index in [1.807, 2.05) is 18.2 Å². The molecule has 104 valence electrons. The Morgan fingerprint density at radius 1 is 1.10 bits per heavy atom. The molecule has 0 aliphatic carbocycles. The van der Waals surface area contributed by atoms with Crippen molar-refractivity contribution in [2.75, 3.05) is 0 Å². The Kier molecular flexibility index (Phi) is 3.98. The molecule has 0 spiro atoms. The summed E-state index contributed by atoms with van der Waals surface area (Å²) in [4.78, 5) is 0.0694. The van der Waals surface area contributed by atoms with Crippen molar-refractivity contribution in [2.45, 2.75) is 24.3 Å². The molecular formula is C16H13BrCl2O. The quantitative estimate of drug-likeness (QED) is 0.606. The number of hydrogen-bond acceptors (Lipinski definition) is 1. The second-order valence-electron chi connectivity index (χ2n) is 5.07. The monoisotopic (exact) mass is 370 g/mol. The van der Waals surface area contributed by atoms with Gasteiger partial charge in [0.2, 0.25) is 0 Å². The predicted octanol–water partition coefficient (Wildman–Crippen LogP) is 5.80. The zero-order valence-corrected chi connectivity index (χ0v) is 14.0. The summed E-state index contributed by atoms with van der Waals surface area (Å²) in [5.41, 5.74) is 3.49. The summed E-state index contributed by atoms with van der Waals surface area (Å²) in [6.45, 7) is 2.09. The predicted molar refractivity (Wildman–Crippen MR) is 87.5 cm³/mol. The topological polar surface area (TPSA) is 9.23 Å². The fourth-order valence-corrected chi connectivity index (χ4v) is 3.61. The van der Waals surface area contributed by atoms with Crippen LogP contribution >= 0.6 is 39.1 Å². The van der Waals surface area contributed by atoms with Crippen molar-refractivity contribution in [3.63, 3.8) is 0 Å². The maximum Gasteiger partial charge on any atom is 0.123 e. The smallest absolute Gasteiger partial charge is 0.123 e. The minimum absolute atomic E-state index is 0.0694. The number of rotatable bonds is 2. The molecule has 0 amide bonds. The van der Waals surface area contributed by atoms with Crippen molar-refractivity contribution in [1.82, 2.24) is 0 Å². The first kappa shape index (κ1) is 14.2. The van der Waals surface area contributed by atoms with E-state index in [0.717, 1.165) is 17.7 Å². The molecule has 0 N–H and O–H groups in total. The summed E-state index contributed by atoms with van der Waals surface area (Å²) >= 11 is 15.9. The van der Waals surface area contributed by atoms with Gasteiger partial charge in [-0.2, -0.15) is 0 Å². The molecule has 1 heterocycles. The van der Waals surface area contributed by atoms with Crippen molar-refractivity contribution in [1.29, 1.82) is 0 Å². The highest BCUT2D eigenvalue weighted by Crippen LogP contribution is 2.37. The highest BCUT2D eigenvalue weighted by atomic mass is 79.9. The van der Waals surface area contributed by atoms with Gasteiger partial charge in [-0.05, 0) is 47.9 Å². The van der Waals surface area contributed by atoms with Gasteiger partial charge >= 0.3 is 0 Å². The first-order valence-electron chi connectivity index (χ1n) is 6.42. The summed E-state index contributed by atoms with van der Waals surface area (Å²) in [6, 6.07) is 11.9. The van der Waals surface area contributed by atoms with Crippen molar-refractivity contribution in [2.24, 2.45) is 0 Å². The third kappa shape index (κ3) is 2.83. The lowest BCUT2D eigenvalue weighted by molar-refractivity contribution is 0.254. The second kappa shape index (κ2) is 5.59. The van der Waals surface area contributed by atoms with Crippen LogP contribution in [-0.2, 0) is 6.42 Å². The number of alkyl halides is 1. The Bertz CT molecular complexity index is 637. The van der Waals surface area contributed by atoms with Crippen LogP contribution in [0.5, 0.6) is 5.75 Å². The van der Waals surface area contributed by atoms with Gasteiger partial charge in [-0.1, -0.05) is 51.3 Å². The maximum absolute atomic E-state index is 6.07. The van der Waals surface area contributed by atoms with Crippen LogP contribution in [0, 0.1) is 0 Å². The van der Waals surface area contributed by atoms with E-state index >= 15 is 0 Å². The third-order valence-electron chi connectivity index (χ3n) is 3.39. The molecular weight excluding hydrogens is 359 g/mol. The molecule has 0 saturated carbocycles. The van der Waals surface area contributed by atoms with E-state index in [1.54, 1.807) is 6.07 Å². The molecule has 2 aromatic rings. The SMILES string of the molecule is CC1Cc2cc(C(Br)c3cc(Cl)cc(Cl)c3)ccc2O1. The molecule has 1 aliphatic heterocycles. The van der Waals surface area contributed by atoms with Gasteiger partial charge in [0, 0.05) is 16.5 Å². The molecule has 0 aromatic heterocycles. The highest BCUT2D eigenvalue weighted by Gasteiger charge is 2.21. The summed E-state index contributed by atoms with van der Waals surface area (Å²) in [5.74, 6) is 0.991. The number of benzene rings is 2. The molecule has 4 heteroatoms. The molecule has 2 atom stereocenters. The van der Waals surface area contributed by atoms with Crippen LogP contribution in [0.4, 0.5) is 0 Å². The highest BCUT2D eigenvalue weighted by molar-refractivity contribution is 9.09. The summed E-state index contributed by atoms with van der Waals surface area (Å²) in [7, 11) is 0. The molecule has 0 saturated heterocycles. The summed E-state index contributed by atoms with van der Waals surface area (Å²) in [5, 5.41) is 1.30. The minimum atomic E-state index is 0.0694. The molecule has 0 bridgehead atoms. The molecule has 3 rings (SSSR count). The normalized spacial score (nSPS) is 18.5. The third-order valence-corrected chi connectivity index (χ3v) is 4.88. The molecule has 20 heavy (non-hydrogen) atoms. The van der Waals surface area contributed by atoms with E-state index < -0.39 is 0 Å². The average Bonchev–Trinajstić information content (AvgIpc) is 2.75. The first-order chi connectivity index (χ1) is 9.52. The van der Waals surface area contributed by atoms with Crippen molar-refractivity contribution >= 4 is 39.1 Å². The van der Waals surface area contributed by atoms with Gasteiger partial charge in [0.15, 0.2) is 0 Å². The van der Waals surface area contributed by atoms with Crippen LogP contribution in [0.1, 0.15) is 28.4 Å². The minimum Gasteiger partial charge on any atom is -0.490 e. The number of fused-ring (bicyclic) bond motifs is 1. The second-order valence-corrected chi connectivity index (χ2v) is 6.85. The lowest BCUT2D eigenvalue weighted by Crippen LogP contribution is -2.05. The van der Waals surface area contributed by atoms with Crippen LogP contribution in [0.25, 0.3) is 0 Å². The van der Waals surface area contributed by atoms with Crippen LogP contribution < -0.4 is 4.74 Å². The van der Waals surface area contributed by atoms with Gasteiger partial charge in [0.1, 0.15) is 11.9 Å². The molecule has 2 aromatic carbocycles. The van der Waals surface area contributed by atoms with Gasteiger partial charge < -0.3 is 4.74 Å². The van der Waals surface area contributed by atoms with Gasteiger partial charge in [0.05, 0.1) is 4.83 Å². The largest absolute Gasteiger partial charge is 0.490 e. The fourth-order valence-electron chi connectivity index (χ4n) is 2.51. The van der Waals surface area contributed by atoms with E-state index in [-0.39, 0.29) is 10.9 Å². The van der Waals surface area contributed by atoms with Gasteiger partial charge in [-0.3, -0.25) is 0 Å². The zero-order chi connectivity index (χ0) is 14.3. The van der Waals surface area contributed by atoms with E-state index in [9.17, 15) is 0 Å². The molecule has 1 aliphatic rings. The molecule has 2 unspecified atom stereocenters. The molecule has 0 fully saturated rings. The Labute approximate surface area is 137 Å². The van der Waals surface area contributed by atoms with E-state index in [2.05, 4.69) is 35.0 Å². The number of halogens is 3.